The van der Waals surface area contributed by atoms with E-state index < -0.39 is 33.9 Å². The molecule has 0 fully saturated rings. The highest BCUT2D eigenvalue weighted by Gasteiger charge is 2.38. The van der Waals surface area contributed by atoms with E-state index in [9.17, 15) is 31.5 Å². The summed E-state index contributed by atoms with van der Waals surface area (Å²) in [6.45, 7) is 1.22. The van der Waals surface area contributed by atoms with Gasteiger partial charge in [-0.1, -0.05) is 42.5 Å². The minimum atomic E-state index is -5.08. The van der Waals surface area contributed by atoms with Gasteiger partial charge in [-0.05, 0) is 48.7 Å². The van der Waals surface area contributed by atoms with Crippen LogP contribution in [0.1, 0.15) is 30.7 Å². The van der Waals surface area contributed by atoms with E-state index >= 15 is 0 Å². The molecule has 1 unspecified atom stereocenters. The first-order valence-electron chi connectivity index (χ1n) is 12.1. The maximum absolute atomic E-state index is 13.0. The number of carbonyl (C=O) groups is 2. The lowest BCUT2D eigenvalue weighted by molar-refractivity contribution is -0.192. The van der Waals surface area contributed by atoms with Crippen molar-refractivity contribution < 1.29 is 46.1 Å². The molecule has 216 valence electrons. The number of carboxylic acids is 2. The summed E-state index contributed by atoms with van der Waals surface area (Å²) in [5, 5.41) is 19.6. The van der Waals surface area contributed by atoms with Gasteiger partial charge in [-0.3, -0.25) is 4.79 Å². The van der Waals surface area contributed by atoms with Gasteiger partial charge in [-0.15, -0.1) is 0 Å². The average Bonchev–Trinajstić information content (AvgIpc) is 2.91. The molecule has 0 saturated heterocycles. The maximum atomic E-state index is 13.0. The summed E-state index contributed by atoms with van der Waals surface area (Å²) in [7, 11) is -3.71. The summed E-state index contributed by atoms with van der Waals surface area (Å²) >= 11 is 0. The van der Waals surface area contributed by atoms with Crippen LogP contribution in [0.3, 0.4) is 0 Å². The number of ether oxygens (including phenoxy) is 1. The highest BCUT2D eigenvalue weighted by molar-refractivity contribution is 7.91. The Hall–Kier alpha value is -4.13. The molecule has 0 spiro atoms. The number of benzene rings is 2. The van der Waals surface area contributed by atoms with Gasteiger partial charge in [0.25, 0.3) is 0 Å². The first-order valence-corrected chi connectivity index (χ1v) is 13.7. The van der Waals surface area contributed by atoms with E-state index in [1.165, 1.54) is 12.1 Å². The quantitative estimate of drug-likeness (QED) is 0.237. The Morgan fingerprint density at radius 1 is 0.950 bits per heavy atom. The molecule has 13 heteroatoms. The third-order valence-corrected chi connectivity index (χ3v) is 7.14. The van der Waals surface area contributed by atoms with Crippen molar-refractivity contribution in [1.29, 1.82) is 0 Å². The average molecular weight is 583 g/mol. The number of pyridine rings is 1. The first-order chi connectivity index (χ1) is 18.9. The number of nitrogens with zero attached hydrogens (tertiary/aromatic N) is 1. The summed E-state index contributed by atoms with van der Waals surface area (Å²) in [6, 6.07) is 20.9. The van der Waals surface area contributed by atoms with Gasteiger partial charge in [0.05, 0.1) is 23.7 Å². The minimum Gasteiger partial charge on any atom is -0.494 e. The van der Waals surface area contributed by atoms with Crippen molar-refractivity contribution in [2.75, 3.05) is 24.2 Å². The monoisotopic (exact) mass is 582 g/mol. The molecule has 3 rings (SSSR count). The molecule has 0 aliphatic rings. The number of hydrogen-bond acceptors (Lipinski definition) is 7. The van der Waals surface area contributed by atoms with Gasteiger partial charge in [0.15, 0.2) is 9.84 Å². The second kappa shape index (κ2) is 15.5. The van der Waals surface area contributed by atoms with Crippen LogP contribution in [0, 0.1) is 0 Å². The highest BCUT2D eigenvalue weighted by atomic mass is 32.2. The predicted molar refractivity (Wildman–Crippen MR) is 141 cm³/mol. The van der Waals surface area contributed by atoms with Crippen LogP contribution in [0.15, 0.2) is 83.9 Å². The third-order valence-electron chi connectivity index (χ3n) is 5.33. The fourth-order valence-corrected chi connectivity index (χ4v) is 5.04. The zero-order valence-electron chi connectivity index (χ0n) is 21.3. The lowest BCUT2D eigenvalue weighted by Crippen LogP contribution is -2.21. The number of hydrogen-bond donors (Lipinski definition) is 3. The van der Waals surface area contributed by atoms with E-state index in [1.54, 1.807) is 42.6 Å². The van der Waals surface area contributed by atoms with E-state index in [4.69, 9.17) is 14.6 Å². The van der Waals surface area contributed by atoms with Crippen molar-refractivity contribution in [3.8, 4) is 5.75 Å². The van der Waals surface area contributed by atoms with Gasteiger partial charge in [-0.2, -0.15) is 13.2 Å². The second-order valence-electron chi connectivity index (χ2n) is 8.46. The summed E-state index contributed by atoms with van der Waals surface area (Å²) in [6.07, 6.45) is -1.93. The Labute approximate surface area is 229 Å². The van der Waals surface area contributed by atoms with Crippen molar-refractivity contribution in [2.45, 2.75) is 36.3 Å². The van der Waals surface area contributed by atoms with Crippen molar-refractivity contribution in [3.05, 3.63) is 84.6 Å². The Bertz CT molecular complexity index is 1320. The molecule has 3 aromatic rings. The third kappa shape index (κ3) is 11.7. The molecule has 0 saturated carbocycles. The fourth-order valence-electron chi connectivity index (χ4n) is 3.43. The number of alkyl halides is 3. The van der Waals surface area contributed by atoms with E-state index in [0.717, 1.165) is 25.2 Å². The fraction of sp³-hybridized carbons (Fsp3) is 0.296. The number of aromatic nitrogens is 1. The summed E-state index contributed by atoms with van der Waals surface area (Å²) < 4.78 is 63.6. The van der Waals surface area contributed by atoms with Gasteiger partial charge in [0, 0.05) is 18.7 Å². The number of carboxylic acid groups (broad SMARTS) is 2. The molecular weight excluding hydrogens is 553 g/mol. The molecule has 0 bridgehead atoms. The number of unbranched alkanes of at least 4 members (excludes halogenated alkanes) is 1. The molecule has 0 amide bonds. The van der Waals surface area contributed by atoms with Crippen LogP contribution < -0.4 is 10.1 Å². The van der Waals surface area contributed by atoms with Crippen molar-refractivity contribution in [2.24, 2.45) is 0 Å². The molecule has 9 nitrogen and oxygen atoms in total. The van der Waals surface area contributed by atoms with Crippen LogP contribution in [0.25, 0.3) is 0 Å². The number of halogens is 3. The van der Waals surface area contributed by atoms with Gasteiger partial charge in [-0.25, -0.2) is 18.2 Å². The van der Waals surface area contributed by atoms with Crippen molar-refractivity contribution in [3.63, 3.8) is 0 Å². The number of aliphatic carboxylic acids is 2. The van der Waals surface area contributed by atoms with Crippen molar-refractivity contribution in [1.82, 2.24) is 4.98 Å². The lowest BCUT2D eigenvalue weighted by Gasteiger charge is -2.16. The predicted octanol–water partition coefficient (Wildman–Crippen LogP) is 5.02. The topological polar surface area (TPSA) is 143 Å². The Balaban J connectivity index is 0.000000708. The number of sulfone groups is 1. The molecule has 0 aliphatic carbocycles. The number of nitrogens with one attached hydrogen (secondary N) is 1. The first kappa shape index (κ1) is 32.1. The normalized spacial score (nSPS) is 12.0. The molecule has 1 atom stereocenters. The van der Waals surface area contributed by atoms with Crippen LogP contribution in [-0.2, 0) is 19.4 Å². The molecular formula is C27H29F3N2O7S. The zero-order chi connectivity index (χ0) is 29.6. The van der Waals surface area contributed by atoms with Gasteiger partial charge >= 0.3 is 18.1 Å². The molecule has 2 aromatic carbocycles. The minimum absolute atomic E-state index is 0.128. The number of rotatable bonds is 13. The zero-order valence-corrected chi connectivity index (χ0v) is 22.1. The van der Waals surface area contributed by atoms with Gasteiger partial charge in [0.1, 0.15) is 11.6 Å². The Morgan fingerprint density at radius 3 is 2.23 bits per heavy atom. The molecule has 3 N–H and O–H groups in total. The molecule has 1 aromatic heterocycles. The lowest BCUT2D eigenvalue weighted by atomic mass is 9.98. The highest BCUT2D eigenvalue weighted by Crippen LogP contribution is 2.27. The van der Waals surface area contributed by atoms with E-state index in [0.29, 0.717) is 17.9 Å². The van der Waals surface area contributed by atoms with Crippen LogP contribution in [0.2, 0.25) is 0 Å². The number of anilines is 1. The summed E-state index contributed by atoms with van der Waals surface area (Å²) in [4.78, 5) is 24.5. The maximum Gasteiger partial charge on any atom is 0.490 e. The summed E-state index contributed by atoms with van der Waals surface area (Å²) in [5.74, 6) is -3.41. The summed E-state index contributed by atoms with van der Waals surface area (Å²) in [5.41, 5.74) is 0.690. The van der Waals surface area contributed by atoms with E-state index in [1.807, 2.05) is 24.3 Å². The van der Waals surface area contributed by atoms with Crippen LogP contribution in [-0.4, -0.2) is 60.6 Å². The second-order valence-corrected chi connectivity index (χ2v) is 10.5. The SMILES string of the molecule is O=C(O)C(F)(F)F.O=C(O)CC(CS(=O)(=O)c1cccc(OCCCCNc2ccccn2)c1)c1ccccc1. The largest absolute Gasteiger partial charge is 0.494 e. The standard InChI is InChI=1S/C25H28N2O5S.C2HF3O2/c28-25(29)17-21(20-9-2-1-3-10-20)19-33(30,31)23-12-8-11-22(18-23)32-16-7-6-15-27-24-13-4-5-14-26-24;3-2(4,5)1(6)7/h1-5,8-14,18,21H,6-7,15-17,19H2,(H,26,27)(H,28,29);(H,6,7). The van der Waals surface area contributed by atoms with Crippen molar-refractivity contribution >= 4 is 27.6 Å². The molecule has 1 heterocycles. The van der Waals surface area contributed by atoms with Crippen LogP contribution in [0.5, 0.6) is 5.75 Å². The Morgan fingerprint density at radius 2 is 1.62 bits per heavy atom. The molecule has 0 aliphatic heterocycles. The molecule has 40 heavy (non-hydrogen) atoms. The molecule has 0 radical (unpaired) electrons. The van der Waals surface area contributed by atoms with E-state index in [2.05, 4.69) is 10.3 Å². The Kier molecular flexibility index (Phi) is 12.4. The van der Waals surface area contributed by atoms with Crippen LogP contribution >= 0.6 is 0 Å². The van der Waals surface area contributed by atoms with Crippen LogP contribution in [0.4, 0.5) is 19.0 Å². The smallest absolute Gasteiger partial charge is 0.490 e. The van der Waals surface area contributed by atoms with E-state index in [-0.39, 0.29) is 17.1 Å². The van der Waals surface area contributed by atoms with Gasteiger partial charge < -0.3 is 20.3 Å². The van der Waals surface area contributed by atoms with Gasteiger partial charge in [0.2, 0.25) is 0 Å².